The zero-order valence-electron chi connectivity index (χ0n) is 11.0. The summed E-state index contributed by atoms with van der Waals surface area (Å²) in [6, 6.07) is 0.116. The third-order valence-electron chi connectivity index (χ3n) is 3.95. The molecule has 2 atom stereocenters. The molecule has 0 radical (unpaired) electrons. The maximum Gasteiger partial charge on any atom is 0.0663 e. The maximum atomic E-state index is 5.97. The Hall–Kier alpha value is -0.520. The van der Waals surface area contributed by atoms with Gasteiger partial charge in [-0.2, -0.15) is 0 Å². The molecular formula is C14H26N2. The highest BCUT2D eigenvalue weighted by Gasteiger charge is 2.34. The summed E-state index contributed by atoms with van der Waals surface area (Å²) in [7, 11) is 0. The predicted octanol–water partition coefficient (Wildman–Crippen LogP) is 2.29. The summed E-state index contributed by atoms with van der Waals surface area (Å²) in [6.45, 7) is 7.43. The first-order valence-electron chi connectivity index (χ1n) is 6.37. The van der Waals surface area contributed by atoms with Gasteiger partial charge in [-0.25, -0.2) is 0 Å². The Morgan fingerprint density at radius 1 is 1.31 bits per heavy atom. The van der Waals surface area contributed by atoms with Crippen LogP contribution in [0.2, 0.25) is 0 Å². The number of nitrogens with one attached hydrogen (secondary N) is 1. The third-order valence-corrected chi connectivity index (χ3v) is 3.95. The van der Waals surface area contributed by atoms with Crippen LogP contribution in [-0.4, -0.2) is 18.1 Å². The minimum atomic E-state index is 0.0690. The maximum absolute atomic E-state index is 5.97. The van der Waals surface area contributed by atoms with Crippen molar-refractivity contribution in [1.82, 2.24) is 5.32 Å². The standard InChI is InChI=1S/C14H26N2/c1-5-12(2)16-14(11-15)8-6-7-13(3,4)9-10-14/h1,12,16H,6-11,15H2,2-4H3. The van der Waals surface area contributed by atoms with E-state index in [-0.39, 0.29) is 11.6 Å². The molecule has 0 saturated heterocycles. The Labute approximate surface area is 100 Å². The molecule has 1 saturated carbocycles. The van der Waals surface area contributed by atoms with E-state index in [2.05, 4.69) is 25.1 Å². The fraction of sp³-hybridized carbons (Fsp3) is 0.857. The van der Waals surface area contributed by atoms with Crippen LogP contribution in [0, 0.1) is 17.8 Å². The average Bonchev–Trinajstić information content (AvgIpc) is 2.39. The van der Waals surface area contributed by atoms with Crippen molar-refractivity contribution < 1.29 is 0 Å². The van der Waals surface area contributed by atoms with Gasteiger partial charge in [0.2, 0.25) is 0 Å². The molecule has 1 aliphatic rings. The van der Waals surface area contributed by atoms with Gasteiger partial charge >= 0.3 is 0 Å². The Morgan fingerprint density at radius 3 is 2.56 bits per heavy atom. The molecule has 1 aliphatic carbocycles. The predicted molar refractivity (Wildman–Crippen MR) is 70.1 cm³/mol. The van der Waals surface area contributed by atoms with Gasteiger partial charge in [-0.05, 0) is 38.0 Å². The molecule has 0 aromatic carbocycles. The van der Waals surface area contributed by atoms with Crippen LogP contribution < -0.4 is 11.1 Å². The van der Waals surface area contributed by atoms with Crippen molar-refractivity contribution in [2.75, 3.05) is 6.54 Å². The van der Waals surface area contributed by atoms with Crippen LogP contribution in [0.3, 0.4) is 0 Å². The highest BCUT2D eigenvalue weighted by atomic mass is 15.0. The second-order valence-corrected chi connectivity index (χ2v) is 6.03. The summed E-state index contributed by atoms with van der Waals surface area (Å²) in [6.07, 6.45) is 11.5. The minimum absolute atomic E-state index is 0.0690. The topological polar surface area (TPSA) is 38.0 Å². The zero-order chi connectivity index (χ0) is 12.2. The fourth-order valence-corrected chi connectivity index (χ4v) is 2.64. The van der Waals surface area contributed by atoms with E-state index in [1.807, 2.05) is 6.92 Å². The van der Waals surface area contributed by atoms with Gasteiger partial charge in [0.05, 0.1) is 6.04 Å². The second-order valence-electron chi connectivity index (χ2n) is 6.03. The summed E-state index contributed by atoms with van der Waals surface area (Å²) >= 11 is 0. The summed E-state index contributed by atoms with van der Waals surface area (Å²) in [5.41, 5.74) is 6.49. The van der Waals surface area contributed by atoms with E-state index in [0.29, 0.717) is 12.0 Å². The van der Waals surface area contributed by atoms with Crippen LogP contribution in [0.5, 0.6) is 0 Å². The number of rotatable bonds is 3. The van der Waals surface area contributed by atoms with Crippen LogP contribution >= 0.6 is 0 Å². The smallest absolute Gasteiger partial charge is 0.0663 e. The molecule has 2 unspecified atom stereocenters. The molecule has 2 nitrogen and oxygen atoms in total. The van der Waals surface area contributed by atoms with Gasteiger partial charge in [-0.1, -0.05) is 26.2 Å². The molecule has 92 valence electrons. The summed E-state index contributed by atoms with van der Waals surface area (Å²) in [5, 5.41) is 3.55. The van der Waals surface area contributed by atoms with Gasteiger partial charge in [0.1, 0.15) is 0 Å². The summed E-state index contributed by atoms with van der Waals surface area (Å²) < 4.78 is 0. The molecule has 0 aliphatic heterocycles. The molecule has 0 spiro atoms. The van der Waals surface area contributed by atoms with Crippen molar-refractivity contribution in [3.8, 4) is 12.3 Å². The average molecular weight is 222 g/mol. The summed E-state index contributed by atoms with van der Waals surface area (Å²) in [4.78, 5) is 0. The van der Waals surface area contributed by atoms with Crippen LogP contribution in [-0.2, 0) is 0 Å². The van der Waals surface area contributed by atoms with Gasteiger partial charge in [0.25, 0.3) is 0 Å². The van der Waals surface area contributed by atoms with Crippen LogP contribution in [0.4, 0.5) is 0 Å². The Balaban J connectivity index is 2.69. The van der Waals surface area contributed by atoms with E-state index in [0.717, 1.165) is 12.8 Å². The van der Waals surface area contributed by atoms with Gasteiger partial charge in [0.15, 0.2) is 0 Å². The van der Waals surface area contributed by atoms with Crippen LogP contribution in [0.15, 0.2) is 0 Å². The van der Waals surface area contributed by atoms with Gasteiger partial charge in [-0.3, -0.25) is 5.32 Å². The number of nitrogens with two attached hydrogens (primary N) is 1. The molecule has 1 rings (SSSR count). The summed E-state index contributed by atoms with van der Waals surface area (Å²) in [5.74, 6) is 2.75. The Kier molecular flexibility index (Phi) is 4.41. The molecule has 0 aromatic rings. The molecule has 0 aromatic heterocycles. The Morgan fingerprint density at radius 2 is 2.00 bits per heavy atom. The number of hydrogen-bond donors (Lipinski definition) is 2. The highest BCUT2D eigenvalue weighted by Crippen LogP contribution is 2.37. The van der Waals surface area contributed by atoms with Gasteiger partial charge in [0, 0.05) is 12.1 Å². The van der Waals surface area contributed by atoms with Gasteiger partial charge < -0.3 is 5.73 Å². The molecule has 2 heteroatoms. The first kappa shape index (κ1) is 13.5. The monoisotopic (exact) mass is 222 g/mol. The van der Waals surface area contributed by atoms with E-state index in [1.54, 1.807) is 0 Å². The lowest BCUT2D eigenvalue weighted by Gasteiger charge is -2.35. The lowest BCUT2D eigenvalue weighted by Crippen LogP contribution is -2.54. The van der Waals surface area contributed by atoms with Crippen molar-refractivity contribution in [1.29, 1.82) is 0 Å². The normalized spacial score (nSPS) is 31.4. The van der Waals surface area contributed by atoms with E-state index < -0.39 is 0 Å². The fourth-order valence-electron chi connectivity index (χ4n) is 2.64. The molecule has 3 N–H and O–H groups in total. The number of terminal acetylenes is 1. The molecule has 16 heavy (non-hydrogen) atoms. The Bertz CT molecular complexity index is 264. The molecule has 0 heterocycles. The van der Waals surface area contributed by atoms with E-state index in [9.17, 15) is 0 Å². The largest absolute Gasteiger partial charge is 0.329 e. The van der Waals surface area contributed by atoms with Crippen molar-refractivity contribution in [2.45, 2.75) is 64.5 Å². The first-order chi connectivity index (χ1) is 7.43. The first-order valence-corrected chi connectivity index (χ1v) is 6.37. The zero-order valence-corrected chi connectivity index (χ0v) is 11.0. The van der Waals surface area contributed by atoms with E-state index in [1.165, 1.54) is 19.3 Å². The van der Waals surface area contributed by atoms with E-state index in [4.69, 9.17) is 12.2 Å². The SMILES string of the molecule is C#CC(C)NC1(CN)CCCC(C)(C)CC1. The molecule has 0 bridgehead atoms. The second kappa shape index (κ2) is 5.21. The van der Waals surface area contributed by atoms with Crippen LogP contribution in [0.25, 0.3) is 0 Å². The van der Waals surface area contributed by atoms with Crippen molar-refractivity contribution in [2.24, 2.45) is 11.1 Å². The number of hydrogen-bond acceptors (Lipinski definition) is 2. The van der Waals surface area contributed by atoms with Crippen LogP contribution in [0.1, 0.15) is 52.9 Å². The lowest BCUT2D eigenvalue weighted by atomic mass is 9.83. The molecule has 1 fully saturated rings. The van der Waals surface area contributed by atoms with Crippen molar-refractivity contribution >= 4 is 0 Å². The quantitative estimate of drug-likeness (QED) is 0.568. The lowest BCUT2D eigenvalue weighted by molar-refractivity contribution is 0.260. The molecule has 0 amide bonds. The minimum Gasteiger partial charge on any atom is -0.329 e. The molecular weight excluding hydrogens is 196 g/mol. The van der Waals surface area contributed by atoms with Gasteiger partial charge in [-0.15, -0.1) is 6.42 Å². The van der Waals surface area contributed by atoms with Crippen molar-refractivity contribution in [3.63, 3.8) is 0 Å². The highest BCUT2D eigenvalue weighted by molar-refractivity contribution is 5.03. The van der Waals surface area contributed by atoms with E-state index >= 15 is 0 Å². The van der Waals surface area contributed by atoms with Crippen molar-refractivity contribution in [3.05, 3.63) is 0 Å². The third kappa shape index (κ3) is 3.50.